The maximum Gasteiger partial charge on any atom is 0.0931 e. The standard InChI is InChI=1S/C15H24ClNS2/c1-2-9-17-12(10-14-7-8-15(16)19-14)11-18-13-5-3-4-6-13/h7-8,12-13,17H,2-6,9-11H2,1H3. The first-order chi connectivity index (χ1) is 9.28. The fourth-order valence-corrected chi connectivity index (χ4v) is 5.12. The van der Waals surface area contributed by atoms with Crippen LogP contribution >= 0.6 is 34.7 Å². The van der Waals surface area contributed by atoms with E-state index >= 15 is 0 Å². The van der Waals surface area contributed by atoms with Crippen molar-refractivity contribution in [3.8, 4) is 0 Å². The van der Waals surface area contributed by atoms with E-state index in [1.165, 1.54) is 42.7 Å². The zero-order valence-electron chi connectivity index (χ0n) is 11.7. The minimum absolute atomic E-state index is 0.597. The summed E-state index contributed by atoms with van der Waals surface area (Å²) in [6.45, 7) is 3.35. The number of rotatable bonds is 8. The molecular weight excluding hydrogens is 294 g/mol. The Morgan fingerprint density at radius 1 is 1.42 bits per heavy atom. The highest BCUT2D eigenvalue weighted by Crippen LogP contribution is 2.30. The van der Waals surface area contributed by atoms with Crippen LogP contribution in [0, 0.1) is 0 Å². The summed E-state index contributed by atoms with van der Waals surface area (Å²) in [5.74, 6) is 1.24. The van der Waals surface area contributed by atoms with E-state index in [1.54, 1.807) is 11.3 Å². The number of nitrogens with one attached hydrogen (secondary N) is 1. The molecule has 0 aromatic carbocycles. The third kappa shape index (κ3) is 5.66. The maximum absolute atomic E-state index is 6.02. The lowest BCUT2D eigenvalue weighted by Gasteiger charge is -2.19. The van der Waals surface area contributed by atoms with E-state index in [1.807, 2.05) is 6.07 Å². The highest BCUT2D eigenvalue weighted by molar-refractivity contribution is 7.99. The Morgan fingerprint density at radius 2 is 2.21 bits per heavy atom. The van der Waals surface area contributed by atoms with Crippen LogP contribution in [0.5, 0.6) is 0 Å². The number of hydrogen-bond donors (Lipinski definition) is 1. The van der Waals surface area contributed by atoms with Crippen LogP contribution in [0.2, 0.25) is 4.34 Å². The summed E-state index contributed by atoms with van der Waals surface area (Å²) in [7, 11) is 0. The molecule has 1 aliphatic carbocycles. The van der Waals surface area contributed by atoms with Crippen molar-refractivity contribution in [2.45, 2.75) is 56.7 Å². The van der Waals surface area contributed by atoms with Crippen molar-refractivity contribution in [2.24, 2.45) is 0 Å². The lowest BCUT2D eigenvalue weighted by atomic mass is 10.2. The van der Waals surface area contributed by atoms with Gasteiger partial charge in [-0.25, -0.2) is 0 Å². The van der Waals surface area contributed by atoms with Gasteiger partial charge in [0.2, 0.25) is 0 Å². The Morgan fingerprint density at radius 3 is 2.84 bits per heavy atom. The Kier molecular flexibility index (Phi) is 7.06. The predicted octanol–water partition coefficient (Wildman–Crippen LogP) is 4.99. The zero-order valence-corrected chi connectivity index (χ0v) is 14.0. The summed E-state index contributed by atoms with van der Waals surface area (Å²) in [5.41, 5.74) is 0. The van der Waals surface area contributed by atoms with Gasteiger partial charge in [-0.05, 0) is 44.4 Å². The molecule has 0 saturated heterocycles. The smallest absolute Gasteiger partial charge is 0.0931 e. The first kappa shape index (κ1) is 15.7. The fourth-order valence-electron chi connectivity index (χ4n) is 2.55. The van der Waals surface area contributed by atoms with Gasteiger partial charge in [0, 0.05) is 21.9 Å². The first-order valence-electron chi connectivity index (χ1n) is 7.37. The number of halogens is 1. The third-order valence-corrected chi connectivity index (χ3v) is 6.39. The second-order valence-corrected chi connectivity index (χ2v) is 8.43. The Hall–Kier alpha value is 0.300. The van der Waals surface area contributed by atoms with E-state index in [0.29, 0.717) is 6.04 Å². The molecule has 1 N–H and O–H groups in total. The second kappa shape index (κ2) is 8.56. The van der Waals surface area contributed by atoms with Crippen molar-refractivity contribution in [1.29, 1.82) is 0 Å². The van der Waals surface area contributed by atoms with Crippen LogP contribution < -0.4 is 5.32 Å². The van der Waals surface area contributed by atoms with Crippen LogP contribution in [-0.2, 0) is 6.42 Å². The normalized spacial score (nSPS) is 18.0. The van der Waals surface area contributed by atoms with Gasteiger partial charge in [-0.2, -0.15) is 11.8 Å². The van der Waals surface area contributed by atoms with Crippen molar-refractivity contribution in [3.05, 3.63) is 21.3 Å². The molecule has 108 valence electrons. The van der Waals surface area contributed by atoms with Gasteiger partial charge in [-0.1, -0.05) is 31.4 Å². The molecule has 0 radical (unpaired) electrons. The molecule has 1 aromatic rings. The molecule has 0 spiro atoms. The molecular formula is C15H24ClNS2. The summed E-state index contributed by atoms with van der Waals surface area (Å²) in [4.78, 5) is 1.41. The average molecular weight is 318 g/mol. The molecule has 0 bridgehead atoms. The summed E-state index contributed by atoms with van der Waals surface area (Å²) >= 11 is 9.92. The van der Waals surface area contributed by atoms with Crippen molar-refractivity contribution in [3.63, 3.8) is 0 Å². The van der Waals surface area contributed by atoms with Crippen molar-refractivity contribution < 1.29 is 0 Å². The molecule has 1 unspecified atom stereocenters. The zero-order chi connectivity index (χ0) is 13.5. The highest BCUT2D eigenvalue weighted by Gasteiger charge is 2.18. The van der Waals surface area contributed by atoms with Gasteiger partial charge in [0.25, 0.3) is 0 Å². The Bertz CT molecular complexity index is 361. The van der Waals surface area contributed by atoms with Gasteiger partial charge in [0.15, 0.2) is 0 Å². The largest absolute Gasteiger partial charge is 0.313 e. The molecule has 1 aliphatic rings. The van der Waals surface area contributed by atoms with Gasteiger partial charge in [-0.3, -0.25) is 0 Å². The summed E-state index contributed by atoms with van der Waals surface area (Å²) < 4.78 is 0.910. The Labute approximate surface area is 130 Å². The van der Waals surface area contributed by atoms with E-state index in [-0.39, 0.29) is 0 Å². The highest BCUT2D eigenvalue weighted by atomic mass is 35.5. The molecule has 19 heavy (non-hydrogen) atoms. The van der Waals surface area contributed by atoms with Crippen LogP contribution in [0.25, 0.3) is 0 Å². The molecule has 0 amide bonds. The van der Waals surface area contributed by atoms with Crippen LogP contribution in [0.3, 0.4) is 0 Å². The molecule has 1 saturated carbocycles. The van der Waals surface area contributed by atoms with Crippen LogP contribution in [0.15, 0.2) is 12.1 Å². The SMILES string of the molecule is CCCNC(CSC1CCCC1)Cc1ccc(Cl)s1. The minimum Gasteiger partial charge on any atom is -0.313 e. The topological polar surface area (TPSA) is 12.0 Å². The maximum atomic E-state index is 6.02. The molecule has 0 aliphatic heterocycles. The molecule has 4 heteroatoms. The van der Waals surface area contributed by atoms with E-state index in [4.69, 9.17) is 11.6 Å². The predicted molar refractivity (Wildman–Crippen MR) is 89.8 cm³/mol. The van der Waals surface area contributed by atoms with Crippen molar-refractivity contribution in [2.75, 3.05) is 12.3 Å². The molecule has 2 rings (SSSR count). The summed E-state index contributed by atoms with van der Waals surface area (Å²) in [6, 6.07) is 4.79. The van der Waals surface area contributed by atoms with Gasteiger partial charge in [-0.15, -0.1) is 11.3 Å². The average Bonchev–Trinajstić information content (AvgIpc) is 3.04. The van der Waals surface area contributed by atoms with Crippen LogP contribution in [-0.4, -0.2) is 23.6 Å². The van der Waals surface area contributed by atoms with Gasteiger partial charge < -0.3 is 5.32 Å². The van der Waals surface area contributed by atoms with E-state index in [2.05, 4.69) is 30.1 Å². The van der Waals surface area contributed by atoms with E-state index < -0.39 is 0 Å². The lowest BCUT2D eigenvalue weighted by Crippen LogP contribution is -2.34. The summed E-state index contributed by atoms with van der Waals surface area (Å²) in [6.07, 6.45) is 8.05. The number of thioether (sulfide) groups is 1. The molecule has 1 fully saturated rings. The molecule has 1 aromatic heterocycles. The van der Waals surface area contributed by atoms with E-state index in [0.717, 1.165) is 22.6 Å². The molecule has 1 nitrogen and oxygen atoms in total. The Balaban J connectivity index is 1.79. The van der Waals surface area contributed by atoms with Crippen LogP contribution in [0.4, 0.5) is 0 Å². The van der Waals surface area contributed by atoms with Gasteiger partial charge in [0.05, 0.1) is 4.34 Å². The second-order valence-electron chi connectivity index (χ2n) is 5.30. The quantitative estimate of drug-likeness (QED) is 0.725. The van der Waals surface area contributed by atoms with E-state index in [9.17, 15) is 0 Å². The lowest BCUT2D eigenvalue weighted by molar-refractivity contribution is 0.552. The fraction of sp³-hybridized carbons (Fsp3) is 0.733. The first-order valence-corrected chi connectivity index (χ1v) is 9.61. The monoisotopic (exact) mass is 317 g/mol. The van der Waals surface area contributed by atoms with Gasteiger partial charge >= 0.3 is 0 Å². The third-order valence-electron chi connectivity index (χ3n) is 3.59. The van der Waals surface area contributed by atoms with Gasteiger partial charge in [0.1, 0.15) is 0 Å². The number of thiophene rings is 1. The summed E-state index contributed by atoms with van der Waals surface area (Å²) in [5, 5.41) is 4.61. The van der Waals surface area contributed by atoms with Crippen molar-refractivity contribution >= 4 is 34.7 Å². The minimum atomic E-state index is 0.597. The molecule has 1 heterocycles. The number of hydrogen-bond acceptors (Lipinski definition) is 3. The molecule has 1 atom stereocenters. The van der Waals surface area contributed by atoms with Crippen LogP contribution in [0.1, 0.15) is 43.9 Å². The van der Waals surface area contributed by atoms with Crippen molar-refractivity contribution in [1.82, 2.24) is 5.32 Å².